The van der Waals surface area contributed by atoms with Crippen LogP contribution in [0.2, 0.25) is 0 Å². The van der Waals surface area contributed by atoms with Gasteiger partial charge in [-0.15, -0.1) is 0 Å². The molecule has 2 fully saturated rings. The Kier molecular flexibility index (Phi) is 3.66. The summed E-state index contributed by atoms with van der Waals surface area (Å²) in [7, 11) is 0. The first-order valence-corrected chi connectivity index (χ1v) is 8.83. The van der Waals surface area contributed by atoms with Crippen molar-refractivity contribution in [1.82, 2.24) is 9.80 Å². The van der Waals surface area contributed by atoms with Crippen molar-refractivity contribution in [3.8, 4) is 0 Å². The van der Waals surface area contributed by atoms with E-state index in [0.717, 1.165) is 18.0 Å². The minimum atomic E-state index is -0.738. The molecule has 1 aromatic carbocycles. The molecule has 0 radical (unpaired) electrons. The zero-order chi connectivity index (χ0) is 16.8. The highest BCUT2D eigenvalue weighted by Crippen LogP contribution is 2.36. The van der Waals surface area contributed by atoms with E-state index in [-0.39, 0.29) is 17.7 Å². The minimum Gasteiger partial charge on any atom is -0.340 e. The number of likely N-dealkylation sites (tertiary alicyclic amines) is 1. The van der Waals surface area contributed by atoms with Gasteiger partial charge >= 0.3 is 0 Å². The standard InChI is InChI=1S/C19H22N2O3/c1-12(17(22)20-10-13-6-2-3-7-14(13)11-20)21-18(23)15-8-4-5-9-16(15)19(21)24/h4-5,8-9,12-14H,2-3,6-7,10-11H2,1H3. The molecule has 3 aliphatic rings. The summed E-state index contributed by atoms with van der Waals surface area (Å²) in [5.41, 5.74) is 0.800. The average Bonchev–Trinajstić information content (AvgIpc) is 3.14. The molecule has 2 heterocycles. The Morgan fingerprint density at radius 2 is 1.50 bits per heavy atom. The van der Waals surface area contributed by atoms with Crippen molar-refractivity contribution in [2.75, 3.05) is 13.1 Å². The normalized spacial score (nSPS) is 27.2. The molecule has 0 spiro atoms. The number of hydrogen-bond donors (Lipinski definition) is 0. The van der Waals surface area contributed by atoms with Crippen molar-refractivity contribution in [2.45, 2.75) is 38.6 Å². The van der Waals surface area contributed by atoms with Gasteiger partial charge in [-0.05, 0) is 43.7 Å². The number of fused-ring (bicyclic) bond motifs is 2. The molecule has 3 amide bonds. The van der Waals surface area contributed by atoms with Crippen molar-refractivity contribution in [3.05, 3.63) is 35.4 Å². The number of carbonyl (C=O) groups excluding carboxylic acids is 3. The SMILES string of the molecule is CC(C(=O)N1CC2CCCCC2C1)N1C(=O)c2ccccc2C1=O. The summed E-state index contributed by atoms with van der Waals surface area (Å²) in [5, 5.41) is 0. The summed E-state index contributed by atoms with van der Waals surface area (Å²) in [6, 6.07) is 6.04. The Morgan fingerprint density at radius 3 is 2.00 bits per heavy atom. The lowest BCUT2D eigenvalue weighted by Crippen LogP contribution is -2.49. The van der Waals surface area contributed by atoms with E-state index in [1.165, 1.54) is 25.7 Å². The molecule has 5 heteroatoms. The highest BCUT2D eigenvalue weighted by Gasteiger charge is 2.44. The van der Waals surface area contributed by atoms with Crippen molar-refractivity contribution in [2.24, 2.45) is 11.8 Å². The van der Waals surface area contributed by atoms with Crippen molar-refractivity contribution in [3.63, 3.8) is 0 Å². The first kappa shape index (κ1) is 15.4. The molecule has 1 aliphatic carbocycles. The van der Waals surface area contributed by atoms with Gasteiger partial charge in [0, 0.05) is 13.1 Å². The molecule has 126 valence electrons. The third kappa shape index (κ3) is 2.26. The van der Waals surface area contributed by atoms with Gasteiger partial charge in [0.15, 0.2) is 0 Å². The number of benzene rings is 1. The monoisotopic (exact) mass is 326 g/mol. The maximum Gasteiger partial charge on any atom is 0.262 e. The largest absolute Gasteiger partial charge is 0.340 e. The minimum absolute atomic E-state index is 0.0982. The summed E-state index contributed by atoms with van der Waals surface area (Å²) >= 11 is 0. The van der Waals surface area contributed by atoms with E-state index in [2.05, 4.69) is 0 Å². The molecule has 1 saturated heterocycles. The Labute approximate surface area is 141 Å². The molecule has 2 aliphatic heterocycles. The molecule has 1 saturated carbocycles. The van der Waals surface area contributed by atoms with E-state index in [1.54, 1.807) is 31.2 Å². The fraction of sp³-hybridized carbons (Fsp3) is 0.526. The lowest BCUT2D eigenvalue weighted by atomic mass is 9.82. The van der Waals surface area contributed by atoms with E-state index in [9.17, 15) is 14.4 Å². The van der Waals surface area contributed by atoms with Gasteiger partial charge in [0.2, 0.25) is 5.91 Å². The fourth-order valence-corrected chi connectivity index (χ4v) is 4.52. The molecule has 3 unspecified atom stereocenters. The molecule has 0 bridgehead atoms. The molecule has 24 heavy (non-hydrogen) atoms. The zero-order valence-corrected chi connectivity index (χ0v) is 13.9. The quantitative estimate of drug-likeness (QED) is 0.784. The Balaban J connectivity index is 1.52. The van der Waals surface area contributed by atoms with Crippen molar-refractivity contribution in [1.29, 1.82) is 0 Å². The number of rotatable bonds is 2. The predicted octanol–water partition coefficient (Wildman–Crippen LogP) is 2.32. The first-order valence-electron chi connectivity index (χ1n) is 8.83. The smallest absolute Gasteiger partial charge is 0.262 e. The van der Waals surface area contributed by atoms with Gasteiger partial charge < -0.3 is 4.90 Å². The zero-order valence-electron chi connectivity index (χ0n) is 13.9. The molecule has 0 aromatic heterocycles. The van der Waals surface area contributed by atoms with Crippen LogP contribution < -0.4 is 0 Å². The molecular weight excluding hydrogens is 304 g/mol. The number of hydrogen-bond acceptors (Lipinski definition) is 3. The summed E-state index contributed by atoms with van der Waals surface area (Å²) in [4.78, 5) is 41.0. The maximum absolute atomic E-state index is 12.9. The van der Waals surface area contributed by atoms with E-state index < -0.39 is 6.04 Å². The van der Waals surface area contributed by atoms with Gasteiger partial charge in [-0.1, -0.05) is 25.0 Å². The second-order valence-electron chi connectivity index (χ2n) is 7.25. The Morgan fingerprint density at radius 1 is 1.00 bits per heavy atom. The van der Waals surface area contributed by atoms with Crippen molar-refractivity contribution >= 4 is 17.7 Å². The van der Waals surface area contributed by atoms with Gasteiger partial charge in [0.25, 0.3) is 11.8 Å². The van der Waals surface area contributed by atoms with Crippen LogP contribution in [0.1, 0.15) is 53.3 Å². The van der Waals surface area contributed by atoms with Crippen LogP contribution in [-0.4, -0.2) is 46.7 Å². The molecule has 3 atom stereocenters. The lowest BCUT2D eigenvalue weighted by molar-refractivity contribution is -0.134. The second kappa shape index (κ2) is 5.72. The highest BCUT2D eigenvalue weighted by molar-refractivity contribution is 6.22. The van der Waals surface area contributed by atoms with Crippen LogP contribution in [0, 0.1) is 11.8 Å². The third-order valence-electron chi connectivity index (χ3n) is 5.86. The summed E-state index contributed by atoms with van der Waals surface area (Å²) < 4.78 is 0. The summed E-state index contributed by atoms with van der Waals surface area (Å²) in [5.74, 6) is 0.384. The number of carbonyl (C=O) groups is 3. The number of imide groups is 1. The van der Waals surface area contributed by atoms with Gasteiger partial charge in [0.05, 0.1) is 11.1 Å². The first-order chi connectivity index (χ1) is 11.6. The molecule has 4 rings (SSSR count). The maximum atomic E-state index is 12.9. The summed E-state index contributed by atoms with van der Waals surface area (Å²) in [6.07, 6.45) is 4.88. The van der Waals surface area contributed by atoms with Crippen LogP contribution in [0.3, 0.4) is 0 Å². The van der Waals surface area contributed by atoms with E-state index in [0.29, 0.717) is 23.0 Å². The van der Waals surface area contributed by atoms with Gasteiger partial charge in [-0.3, -0.25) is 19.3 Å². The molecular formula is C19H22N2O3. The molecule has 0 N–H and O–H groups in total. The Hall–Kier alpha value is -2.17. The number of amides is 3. The van der Waals surface area contributed by atoms with E-state index >= 15 is 0 Å². The van der Waals surface area contributed by atoms with Gasteiger partial charge in [0.1, 0.15) is 6.04 Å². The fourth-order valence-electron chi connectivity index (χ4n) is 4.52. The highest BCUT2D eigenvalue weighted by atomic mass is 16.2. The van der Waals surface area contributed by atoms with Crippen LogP contribution in [-0.2, 0) is 4.79 Å². The Bertz CT molecular complexity index is 665. The number of nitrogens with zero attached hydrogens (tertiary/aromatic N) is 2. The van der Waals surface area contributed by atoms with E-state index in [1.807, 2.05) is 4.90 Å². The lowest BCUT2D eigenvalue weighted by Gasteiger charge is -2.26. The van der Waals surface area contributed by atoms with Gasteiger partial charge in [-0.2, -0.15) is 0 Å². The van der Waals surface area contributed by atoms with Crippen LogP contribution in [0.4, 0.5) is 0 Å². The topological polar surface area (TPSA) is 57.7 Å². The van der Waals surface area contributed by atoms with Crippen LogP contribution in [0.25, 0.3) is 0 Å². The molecule has 5 nitrogen and oxygen atoms in total. The average molecular weight is 326 g/mol. The second-order valence-corrected chi connectivity index (χ2v) is 7.25. The van der Waals surface area contributed by atoms with Crippen LogP contribution >= 0.6 is 0 Å². The van der Waals surface area contributed by atoms with Crippen molar-refractivity contribution < 1.29 is 14.4 Å². The summed E-state index contributed by atoms with van der Waals surface area (Å²) in [6.45, 7) is 3.22. The van der Waals surface area contributed by atoms with E-state index in [4.69, 9.17) is 0 Å². The van der Waals surface area contributed by atoms with Crippen LogP contribution in [0.5, 0.6) is 0 Å². The molecule has 1 aromatic rings. The van der Waals surface area contributed by atoms with Crippen LogP contribution in [0.15, 0.2) is 24.3 Å². The predicted molar refractivity (Wildman–Crippen MR) is 88.4 cm³/mol. The third-order valence-corrected chi connectivity index (χ3v) is 5.86. The van der Waals surface area contributed by atoms with Gasteiger partial charge in [-0.25, -0.2) is 0 Å².